The molecular weight excluding hydrogens is 272 g/mol. The summed E-state index contributed by atoms with van der Waals surface area (Å²) in [5.74, 6) is -0.576. The maximum absolute atomic E-state index is 10.8. The summed E-state index contributed by atoms with van der Waals surface area (Å²) in [5, 5.41) is 18.6. The van der Waals surface area contributed by atoms with Crippen molar-refractivity contribution in [2.45, 2.75) is 0 Å². The molecule has 0 unspecified atom stereocenters. The van der Waals surface area contributed by atoms with E-state index < -0.39 is 5.97 Å². The van der Waals surface area contributed by atoms with Crippen LogP contribution in [0, 0.1) is 11.3 Å². The van der Waals surface area contributed by atoms with E-state index in [0.29, 0.717) is 11.0 Å². The number of rotatable bonds is 3. The molecule has 1 N–H and O–H groups in total. The van der Waals surface area contributed by atoms with Gasteiger partial charge in [0.15, 0.2) is 5.75 Å². The fraction of sp³-hybridized carbons (Fsp3) is 0. The number of nitrogens with zero attached hydrogens (tertiary/aromatic N) is 2. The van der Waals surface area contributed by atoms with Gasteiger partial charge in [0.25, 0.3) is 0 Å². The minimum Gasteiger partial charge on any atom is -0.478 e. The van der Waals surface area contributed by atoms with Gasteiger partial charge in [-0.2, -0.15) is 5.26 Å². The molecule has 102 valence electrons. The molecule has 0 radical (unpaired) electrons. The first-order valence-corrected chi connectivity index (χ1v) is 5.98. The number of carboxylic acids is 1. The van der Waals surface area contributed by atoms with Gasteiger partial charge in [0, 0.05) is 12.3 Å². The molecule has 0 saturated heterocycles. The van der Waals surface area contributed by atoms with Gasteiger partial charge in [-0.3, -0.25) is 0 Å². The lowest BCUT2D eigenvalue weighted by Gasteiger charge is -2.03. The molecule has 0 aliphatic rings. The van der Waals surface area contributed by atoms with Gasteiger partial charge in [0.05, 0.1) is 10.9 Å². The number of para-hydroxylation sites is 1. The highest BCUT2D eigenvalue weighted by Crippen LogP contribution is 2.35. The van der Waals surface area contributed by atoms with Crippen LogP contribution < -0.4 is 4.74 Å². The molecule has 2 heterocycles. The monoisotopic (exact) mass is 280 g/mol. The number of aromatic nitrogens is 1. The van der Waals surface area contributed by atoms with Crippen molar-refractivity contribution in [2.24, 2.45) is 0 Å². The molecule has 0 saturated carbocycles. The van der Waals surface area contributed by atoms with Crippen LogP contribution in [0.1, 0.15) is 16.1 Å². The van der Waals surface area contributed by atoms with Crippen LogP contribution in [0.2, 0.25) is 0 Å². The van der Waals surface area contributed by atoms with Crippen LogP contribution in [0.3, 0.4) is 0 Å². The first-order valence-electron chi connectivity index (χ1n) is 5.98. The Labute approximate surface area is 118 Å². The van der Waals surface area contributed by atoms with Crippen molar-refractivity contribution in [3.63, 3.8) is 0 Å². The van der Waals surface area contributed by atoms with Crippen molar-refractivity contribution in [1.82, 2.24) is 4.98 Å². The van der Waals surface area contributed by atoms with Gasteiger partial charge in [-0.1, -0.05) is 12.1 Å². The van der Waals surface area contributed by atoms with Crippen LogP contribution in [0.25, 0.3) is 11.0 Å². The molecule has 1 aromatic carbocycles. The number of hydrogen-bond donors (Lipinski definition) is 1. The van der Waals surface area contributed by atoms with Gasteiger partial charge in [0.2, 0.25) is 11.6 Å². The summed E-state index contributed by atoms with van der Waals surface area (Å²) in [6, 6.07) is 11.8. The highest BCUT2D eigenvalue weighted by Gasteiger charge is 2.16. The standard InChI is InChI=1S/C15H8N2O4/c16-7-12-14(10-3-1-2-4-11(10)20-12)21-13-6-5-9(8-17-13)15(18)19/h1-6,8H,(H,18,19). The minimum absolute atomic E-state index is 0.0420. The van der Waals surface area contributed by atoms with Crippen LogP contribution in [-0.4, -0.2) is 16.1 Å². The number of aromatic carboxylic acids is 1. The van der Waals surface area contributed by atoms with Gasteiger partial charge in [-0.05, 0) is 18.2 Å². The van der Waals surface area contributed by atoms with E-state index in [0.717, 1.165) is 0 Å². The van der Waals surface area contributed by atoms with Crippen LogP contribution >= 0.6 is 0 Å². The van der Waals surface area contributed by atoms with E-state index in [-0.39, 0.29) is 23.0 Å². The number of benzene rings is 1. The molecular formula is C15H8N2O4. The van der Waals surface area contributed by atoms with Crippen LogP contribution in [-0.2, 0) is 0 Å². The molecule has 6 heteroatoms. The predicted molar refractivity (Wildman–Crippen MR) is 72.2 cm³/mol. The van der Waals surface area contributed by atoms with Gasteiger partial charge in [-0.15, -0.1) is 0 Å². The van der Waals surface area contributed by atoms with E-state index in [9.17, 15) is 4.79 Å². The quantitative estimate of drug-likeness (QED) is 0.791. The summed E-state index contributed by atoms with van der Waals surface area (Å²) in [4.78, 5) is 14.7. The van der Waals surface area contributed by atoms with E-state index in [1.807, 2.05) is 6.07 Å². The summed E-state index contributed by atoms with van der Waals surface area (Å²) in [6.07, 6.45) is 1.19. The second kappa shape index (κ2) is 4.98. The number of hydrogen-bond acceptors (Lipinski definition) is 5. The first kappa shape index (κ1) is 12.7. The van der Waals surface area contributed by atoms with Crippen LogP contribution in [0.4, 0.5) is 0 Å². The Morgan fingerprint density at radius 2 is 2.10 bits per heavy atom. The Hall–Kier alpha value is -3.33. The summed E-state index contributed by atoms with van der Waals surface area (Å²) in [7, 11) is 0. The topological polar surface area (TPSA) is 96.3 Å². The lowest BCUT2D eigenvalue weighted by molar-refractivity contribution is 0.0696. The maximum Gasteiger partial charge on any atom is 0.337 e. The Morgan fingerprint density at radius 3 is 2.76 bits per heavy atom. The van der Waals surface area contributed by atoms with E-state index in [1.165, 1.54) is 18.3 Å². The van der Waals surface area contributed by atoms with Crippen molar-refractivity contribution < 1.29 is 19.1 Å². The summed E-state index contributed by atoms with van der Waals surface area (Å²) in [5.41, 5.74) is 0.589. The molecule has 0 aliphatic carbocycles. The van der Waals surface area contributed by atoms with Gasteiger partial charge in [0.1, 0.15) is 11.7 Å². The third-order valence-corrected chi connectivity index (χ3v) is 2.84. The zero-order valence-corrected chi connectivity index (χ0v) is 10.6. The van der Waals surface area contributed by atoms with Gasteiger partial charge < -0.3 is 14.3 Å². The number of fused-ring (bicyclic) bond motifs is 1. The molecule has 2 aromatic heterocycles. The van der Waals surface area contributed by atoms with Gasteiger partial charge in [-0.25, -0.2) is 9.78 Å². The summed E-state index contributed by atoms with van der Waals surface area (Å²) >= 11 is 0. The average Bonchev–Trinajstić information content (AvgIpc) is 2.86. The van der Waals surface area contributed by atoms with E-state index >= 15 is 0 Å². The average molecular weight is 280 g/mol. The lowest BCUT2D eigenvalue weighted by Crippen LogP contribution is -1.97. The third kappa shape index (κ3) is 2.28. The van der Waals surface area contributed by atoms with Crippen molar-refractivity contribution in [3.05, 3.63) is 53.9 Å². The van der Waals surface area contributed by atoms with E-state index in [1.54, 1.807) is 24.3 Å². The van der Waals surface area contributed by atoms with E-state index in [2.05, 4.69) is 4.98 Å². The number of furan rings is 1. The molecule has 0 bridgehead atoms. The number of carbonyl (C=O) groups is 1. The molecule has 6 nitrogen and oxygen atoms in total. The largest absolute Gasteiger partial charge is 0.478 e. The highest BCUT2D eigenvalue weighted by molar-refractivity contribution is 5.88. The van der Waals surface area contributed by atoms with Crippen LogP contribution in [0.5, 0.6) is 11.6 Å². The molecule has 21 heavy (non-hydrogen) atoms. The number of nitriles is 1. The zero-order valence-electron chi connectivity index (χ0n) is 10.6. The van der Waals surface area contributed by atoms with E-state index in [4.69, 9.17) is 19.5 Å². The Morgan fingerprint density at radius 1 is 1.29 bits per heavy atom. The first-order chi connectivity index (χ1) is 10.2. The summed E-state index contributed by atoms with van der Waals surface area (Å²) in [6.45, 7) is 0. The van der Waals surface area contributed by atoms with Crippen molar-refractivity contribution in [1.29, 1.82) is 5.26 Å². The van der Waals surface area contributed by atoms with Crippen molar-refractivity contribution in [2.75, 3.05) is 0 Å². The predicted octanol–water partition coefficient (Wildman–Crippen LogP) is 3.19. The normalized spacial score (nSPS) is 10.2. The molecule has 0 fully saturated rings. The van der Waals surface area contributed by atoms with Crippen molar-refractivity contribution >= 4 is 16.9 Å². The fourth-order valence-electron chi connectivity index (χ4n) is 1.87. The maximum atomic E-state index is 10.8. The molecule has 0 amide bonds. The minimum atomic E-state index is -1.07. The number of pyridine rings is 1. The SMILES string of the molecule is N#Cc1oc2ccccc2c1Oc1ccc(C(=O)O)cn1. The van der Waals surface area contributed by atoms with Crippen molar-refractivity contribution in [3.8, 4) is 17.7 Å². The zero-order chi connectivity index (χ0) is 14.8. The Bertz CT molecular complexity index is 860. The molecule has 0 aliphatic heterocycles. The van der Waals surface area contributed by atoms with Gasteiger partial charge >= 0.3 is 5.97 Å². The fourth-order valence-corrected chi connectivity index (χ4v) is 1.87. The lowest BCUT2D eigenvalue weighted by atomic mass is 10.2. The number of carboxylic acid groups (broad SMARTS) is 1. The summed E-state index contributed by atoms with van der Waals surface area (Å²) < 4.78 is 10.9. The molecule has 0 spiro atoms. The Balaban J connectivity index is 2.01. The third-order valence-electron chi connectivity index (χ3n) is 2.84. The highest BCUT2D eigenvalue weighted by atomic mass is 16.5. The smallest absolute Gasteiger partial charge is 0.337 e. The van der Waals surface area contributed by atoms with Crippen LogP contribution in [0.15, 0.2) is 47.0 Å². The second-order valence-electron chi connectivity index (χ2n) is 4.16. The molecule has 3 rings (SSSR count). The molecule has 3 aromatic rings. The number of ether oxygens (including phenoxy) is 1. The second-order valence-corrected chi connectivity index (χ2v) is 4.16. The molecule has 0 atom stereocenters. The Kier molecular flexibility index (Phi) is 3.01.